The SMILES string of the molecule is O=C(CCC(=O)Nc1ccc(I)cc1)N/N=C\c1ccncc1. The third-order valence-electron chi connectivity index (χ3n) is 2.82. The van der Waals surface area contributed by atoms with Crippen molar-refractivity contribution in [3.63, 3.8) is 0 Å². The first-order valence-electron chi connectivity index (χ1n) is 6.91. The number of aromatic nitrogens is 1. The summed E-state index contributed by atoms with van der Waals surface area (Å²) in [5.74, 6) is -0.521. The summed E-state index contributed by atoms with van der Waals surface area (Å²) in [5, 5.41) is 6.57. The van der Waals surface area contributed by atoms with Crippen LogP contribution in [-0.2, 0) is 9.59 Å². The molecule has 0 bridgehead atoms. The Labute approximate surface area is 147 Å². The highest BCUT2D eigenvalue weighted by Crippen LogP contribution is 2.11. The molecule has 0 atom stereocenters. The van der Waals surface area contributed by atoms with Crippen LogP contribution in [0.4, 0.5) is 5.69 Å². The lowest BCUT2D eigenvalue weighted by Gasteiger charge is -2.04. The fraction of sp³-hybridized carbons (Fsp3) is 0.125. The second kappa shape index (κ2) is 8.99. The van der Waals surface area contributed by atoms with Crippen LogP contribution in [-0.4, -0.2) is 23.0 Å². The number of hydrogen-bond acceptors (Lipinski definition) is 4. The molecule has 0 aliphatic carbocycles. The van der Waals surface area contributed by atoms with Crippen molar-refractivity contribution in [2.75, 3.05) is 5.32 Å². The Bertz CT molecular complexity index is 687. The van der Waals surface area contributed by atoms with Crippen LogP contribution in [0, 0.1) is 3.57 Å². The first-order chi connectivity index (χ1) is 11.1. The predicted molar refractivity (Wildman–Crippen MR) is 97.0 cm³/mol. The number of pyridine rings is 1. The molecule has 2 aromatic rings. The molecule has 2 amide bonds. The van der Waals surface area contributed by atoms with Gasteiger partial charge in [-0.25, -0.2) is 5.43 Å². The lowest BCUT2D eigenvalue weighted by atomic mass is 10.2. The monoisotopic (exact) mass is 422 g/mol. The van der Waals surface area contributed by atoms with Gasteiger partial charge in [0.2, 0.25) is 11.8 Å². The van der Waals surface area contributed by atoms with Gasteiger partial charge in [0.1, 0.15) is 0 Å². The topological polar surface area (TPSA) is 83.5 Å². The van der Waals surface area contributed by atoms with E-state index in [1.165, 1.54) is 6.21 Å². The van der Waals surface area contributed by atoms with Gasteiger partial charge in [-0.3, -0.25) is 14.6 Å². The van der Waals surface area contributed by atoms with E-state index in [0.717, 1.165) is 9.13 Å². The maximum Gasteiger partial charge on any atom is 0.240 e. The lowest BCUT2D eigenvalue weighted by Crippen LogP contribution is -2.20. The second-order valence-electron chi connectivity index (χ2n) is 4.63. The molecule has 0 saturated carbocycles. The number of hydrazone groups is 1. The van der Waals surface area contributed by atoms with Crippen molar-refractivity contribution in [3.05, 3.63) is 57.9 Å². The molecule has 2 rings (SSSR count). The average molecular weight is 422 g/mol. The number of benzene rings is 1. The van der Waals surface area contributed by atoms with E-state index in [1.807, 2.05) is 24.3 Å². The van der Waals surface area contributed by atoms with Crippen LogP contribution in [0.1, 0.15) is 18.4 Å². The molecule has 1 aromatic heterocycles. The first-order valence-corrected chi connectivity index (χ1v) is 7.99. The molecular formula is C16H15IN4O2. The summed E-state index contributed by atoms with van der Waals surface area (Å²) >= 11 is 2.19. The zero-order valence-corrected chi connectivity index (χ0v) is 14.4. The summed E-state index contributed by atoms with van der Waals surface area (Å²) in [6.45, 7) is 0. The molecule has 0 saturated heterocycles. The number of halogens is 1. The largest absolute Gasteiger partial charge is 0.326 e. The maximum absolute atomic E-state index is 11.8. The van der Waals surface area contributed by atoms with Gasteiger partial charge in [0.25, 0.3) is 0 Å². The van der Waals surface area contributed by atoms with Crippen LogP contribution >= 0.6 is 22.6 Å². The van der Waals surface area contributed by atoms with Crippen LogP contribution in [0.2, 0.25) is 0 Å². The van der Waals surface area contributed by atoms with Crippen molar-refractivity contribution in [2.24, 2.45) is 5.10 Å². The van der Waals surface area contributed by atoms with Gasteiger partial charge in [-0.1, -0.05) is 0 Å². The number of nitrogens with one attached hydrogen (secondary N) is 2. The standard InChI is InChI=1S/C16H15IN4O2/c17-13-1-3-14(4-2-13)20-15(22)5-6-16(23)21-19-11-12-7-9-18-10-8-12/h1-4,7-11H,5-6H2,(H,20,22)(H,21,23)/b19-11-. The van der Waals surface area contributed by atoms with Gasteiger partial charge in [0, 0.05) is 34.5 Å². The molecule has 7 heteroatoms. The number of hydrogen-bond donors (Lipinski definition) is 2. The van der Waals surface area contributed by atoms with Crippen LogP contribution < -0.4 is 10.7 Å². The predicted octanol–water partition coefficient (Wildman–Crippen LogP) is 2.56. The number of rotatable bonds is 6. The van der Waals surface area contributed by atoms with Crippen LogP contribution in [0.15, 0.2) is 53.9 Å². The molecule has 0 radical (unpaired) electrons. The van der Waals surface area contributed by atoms with Crippen LogP contribution in [0.5, 0.6) is 0 Å². The number of carbonyl (C=O) groups is 2. The van der Waals surface area contributed by atoms with Gasteiger partial charge >= 0.3 is 0 Å². The molecule has 2 N–H and O–H groups in total. The Morgan fingerprint density at radius 2 is 1.70 bits per heavy atom. The minimum atomic E-state index is -0.312. The van der Waals surface area contributed by atoms with E-state index in [-0.39, 0.29) is 24.7 Å². The summed E-state index contributed by atoms with van der Waals surface area (Å²) in [6, 6.07) is 11.0. The van der Waals surface area contributed by atoms with Crippen LogP contribution in [0.25, 0.3) is 0 Å². The van der Waals surface area contributed by atoms with E-state index in [0.29, 0.717) is 5.69 Å². The normalized spacial score (nSPS) is 10.5. The lowest BCUT2D eigenvalue weighted by molar-refractivity contribution is -0.124. The van der Waals surface area contributed by atoms with Crippen molar-refractivity contribution >= 4 is 46.3 Å². The highest BCUT2D eigenvalue weighted by atomic mass is 127. The molecular weight excluding hydrogens is 407 g/mol. The molecule has 0 aliphatic rings. The third-order valence-corrected chi connectivity index (χ3v) is 3.54. The molecule has 0 fully saturated rings. The molecule has 1 heterocycles. The number of anilines is 1. The van der Waals surface area contributed by atoms with E-state index in [4.69, 9.17) is 0 Å². The van der Waals surface area contributed by atoms with Gasteiger partial charge < -0.3 is 5.32 Å². The summed E-state index contributed by atoms with van der Waals surface area (Å²) in [6.07, 6.45) is 4.97. The molecule has 6 nitrogen and oxygen atoms in total. The molecule has 118 valence electrons. The van der Waals surface area contributed by atoms with Gasteiger partial charge in [0.15, 0.2) is 0 Å². The Balaban J connectivity index is 1.70. The van der Waals surface area contributed by atoms with Crippen molar-refractivity contribution in [3.8, 4) is 0 Å². The van der Waals surface area contributed by atoms with Gasteiger partial charge in [-0.2, -0.15) is 5.10 Å². The first kappa shape index (κ1) is 17.1. The Morgan fingerprint density at radius 1 is 1.04 bits per heavy atom. The minimum absolute atomic E-state index is 0.0733. The van der Waals surface area contributed by atoms with Crippen molar-refractivity contribution in [2.45, 2.75) is 12.8 Å². The molecule has 0 spiro atoms. The van der Waals surface area contributed by atoms with Gasteiger partial charge in [-0.15, -0.1) is 0 Å². The molecule has 0 aliphatic heterocycles. The van der Waals surface area contributed by atoms with E-state index >= 15 is 0 Å². The average Bonchev–Trinajstić information content (AvgIpc) is 2.56. The zero-order chi connectivity index (χ0) is 16.5. The van der Waals surface area contributed by atoms with Crippen molar-refractivity contribution in [1.82, 2.24) is 10.4 Å². The molecule has 1 aromatic carbocycles. The van der Waals surface area contributed by atoms with Gasteiger partial charge in [0.05, 0.1) is 6.21 Å². The van der Waals surface area contributed by atoms with Gasteiger partial charge in [-0.05, 0) is 64.6 Å². The second-order valence-corrected chi connectivity index (χ2v) is 5.87. The summed E-state index contributed by atoms with van der Waals surface area (Å²) in [5.41, 5.74) is 3.93. The van der Waals surface area contributed by atoms with E-state index in [2.05, 4.69) is 43.4 Å². The Kier molecular flexibility index (Phi) is 6.67. The van der Waals surface area contributed by atoms with E-state index < -0.39 is 0 Å². The molecule has 0 unspecified atom stereocenters. The third kappa shape index (κ3) is 6.55. The van der Waals surface area contributed by atoms with Crippen molar-refractivity contribution in [1.29, 1.82) is 0 Å². The van der Waals surface area contributed by atoms with E-state index in [9.17, 15) is 9.59 Å². The number of carbonyl (C=O) groups excluding carboxylic acids is 2. The highest BCUT2D eigenvalue weighted by Gasteiger charge is 2.06. The molecule has 23 heavy (non-hydrogen) atoms. The quantitative estimate of drug-likeness (QED) is 0.427. The fourth-order valence-corrected chi connectivity index (χ4v) is 2.03. The Morgan fingerprint density at radius 3 is 2.39 bits per heavy atom. The summed E-state index contributed by atoms with van der Waals surface area (Å²) in [4.78, 5) is 27.3. The summed E-state index contributed by atoms with van der Waals surface area (Å²) in [7, 11) is 0. The Hall–Kier alpha value is -2.29. The fourth-order valence-electron chi connectivity index (χ4n) is 1.67. The highest BCUT2D eigenvalue weighted by molar-refractivity contribution is 14.1. The minimum Gasteiger partial charge on any atom is -0.326 e. The van der Waals surface area contributed by atoms with Crippen molar-refractivity contribution < 1.29 is 9.59 Å². The summed E-state index contributed by atoms with van der Waals surface area (Å²) < 4.78 is 1.09. The van der Waals surface area contributed by atoms with Crippen LogP contribution in [0.3, 0.4) is 0 Å². The zero-order valence-electron chi connectivity index (χ0n) is 12.2. The number of nitrogens with zero attached hydrogens (tertiary/aromatic N) is 2. The smallest absolute Gasteiger partial charge is 0.240 e. The maximum atomic E-state index is 11.8. The van der Waals surface area contributed by atoms with E-state index in [1.54, 1.807) is 24.5 Å². The number of amides is 2.